The van der Waals surface area contributed by atoms with Gasteiger partial charge in [0.1, 0.15) is 11.9 Å². The molecule has 0 radical (unpaired) electrons. The van der Waals surface area contributed by atoms with Gasteiger partial charge in [-0.1, -0.05) is 6.07 Å². The van der Waals surface area contributed by atoms with E-state index in [0.29, 0.717) is 0 Å². The highest BCUT2D eigenvalue weighted by Gasteiger charge is 2.16. The molecular formula is C11H8N2O5. The lowest BCUT2D eigenvalue weighted by Crippen LogP contribution is -2.14. The molecule has 0 unspecified atom stereocenters. The molecule has 0 spiro atoms. The predicted octanol–water partition coefficient (Wildman–Crippen LogP) is 0.994. The summed E-state index contributed by atoms with van der Waals surface area (Å²) in [5.74, 6) is -1.09. The standard InChI is InChI=1S/C11H8N2O5/c14-9-4-5-12(6-10(15)16)7-2-1-3-8(11(7)9)13(17)18/h1-5H,6H2,(H,15,16). The number of hydrogen-bond donors (Lipinski definition) is 1. The van der Waals surface area contributed by atoms with E-state index in [9.17, 15) is 19.7 Å². The highest BCUT2D eigenvalue weighted by molar-refractivity contribution is 5.88. The van der Waals surface area contributed by atoms with Crippen molar-refractivity contribution in [2.45, 2.75) is 6.54 Å². The third kappa shape index (κ3) is 1.93. The lowest BCUT2D eigenvalue weighted by molar-refractivity contribution is -0.383. The Morgan fingerprint density at radius 1 is 1.39 bits per heavy atom. The first-order chi connectivity index (χ1) is 8.50. The number of aromatic nitrogens is 1. The minimum Gasteiger partial charge on any atom is -0.480 e. The van der Waals surface area contributed by atoms with Gasteiger partial charge in [0.05, 0.1) is 10.4 Å². The van der Waals surface area contributed by atoms with Gasteiger partial charge in [0, 0.05) is 18.3 Å². The van der Waals surface area contributed by atoms with Gasteiger partial charge in [0.25, 0.3) is 5.69 Å². The van der Waals surface area contributed by atoms with Gasteiger partial charge in [-0.15, -0.1) is 0 Å². The molecule has 0 atom stereocenters. The summed E-state index contributed by atoms with van der Waals surface area (Å²) in [6, 6.07) is 5.23. The molecule has 1 heterocycles. The number of hydrogen-bond acceptors (Lipinski definition) is 4. The number of nitro benzene ring substituents is 1. The zero-order valence-electron chi connectivity index (χ0n) is 9.07. The molecule has 0 amide bonds. The molecule has 0 aliphatic carbocycles. The number of carboxylic acids is 1. The lowest BCUT2D eigenvalue weighted by atomic mass is 10.1. The van der Waals surface area contributed by atoms with E-state index in [1.54, 1.807) is 0 Å². The van der Waals surface area contributed by atoms with Gasteiger partial charge < -0.3 is 9.67 Å². The Morgan fingerprint density at radius 2 is 2.11 bits per heavy atom. The third-order valence-corrected chi connectivity index (χ3v) is 2.48. The molecule has 2 aromatic rings. The molecule has 0 saturated heterocycles. The fraction of sp³-hybridized carbons (Fsp3) is 0.0909. The summed E-state index contributed by atoms with van der Waals surface area (Å²) in [7, 11) is 0. The Hall–Kier alpha value is -2.70. The average molecular weight is 248 g/mol. The maximum absolute atomic E-state index is 11.7. The molecule has 0 aliphatic heterocycles. The molecule has 2 rings (SSSR count). The minimum atomic E-state index is -1.09. The van der Waals surface area contributed by atoms with Crippen LogP contribution in [-0.2, 0) is 11.3 Å². The first-order valence-electron chi connectivity index (χ1n) is 4.99. The Bertz CT molecular complexity index is 704. The van der Waals surface area contributed by atoms with Gasteiger partial charge >= 0.3 is 5.97 Å². The summed E-state index contributed by atoms with van der Waals surface area (Å²) in [6.45, 7) is -0.363. The van der Waals surface area contributed by atoms with E-state index < -0.39 is 16.3 Å². The number of carbonyl (C=O) groups is 1. The highest BCUT2D eigenvalue weighted by Crippen LogP contribution is 2.21. The van der Waals surface area contributed by atoms with E-state index in [1.165, 1.54) is 29.0 Å². The van der Waals surface area contributed by atoms with Crippen molar-refractivity contribution in [1.29, 1.82) is 0 Å². The van der Waals surface area contributed by atoms with E-state index in [-0.39, 0.29) is 23.1 Å². The Morgan fingerprint density at radius 3 is 2.72 bits per heavy atom. The van der Waals surface area contributed by atoms with Crippen molar-refractivity contribution in [1.82, 2.24) is 4.57 Å². The van der Waals surface area contributed by atoms with E-state index in [1.807, 2.05) is 0 Å². The molecule has 0 bridgehead atoms. The predicted molar refractivity (Wildman–Crippen MR) is 62.5 cm³/mol. The van der Waals surface area contributed by atoms with Crippen LogP contribution in [0.1, 0.15) is 0 Å². The topological polar surface area (TPSA) is 102 Å². The van der Waals surface area contributed by atoms with Crippen LogP contribution in [0.4, 0.5) is 5.69 Å². The van der Waals surface area contributed by atoms with Crippen molar-refractivity contribution in [3.05, 3.63) is 50.8 Å². The van der Waals surface area contributed by atoms with Crippen molar-refractivity contribution >= 4 is 22.6 Å². The smallest absolute Gasteiger partial charge is 0.323 e. The maximum atomic E-state index is 11.7. The largest absolute Gasteiger partial charge is 0.480 e. The second kappa shape index (κ2) is 4.28. The van der Waals surface area contributed by atoms with Crippen molar-refractivity contribution < 1.29 is 14.8 Å². The number of aliphatic carboxylic acids is 1. The van der Waals surface area contributed by atoms with Crippen molar-refractivity contribution in [2.75, 3.05) is 0 Å². The second-order valence-electron chi connectivity index (χ2n) is 3.63. The SMILES string of the molecule is O=C(O)Cn1ccc(=O)c2c([N+](=O)[O-])cccc21. The number of non-ortho nitro benzene ring substituents is 1. The van der Waals surface area contributed by atoms with Crippen LogP contribution in [0.2, 0.25) is 0 Å². The molecule has 0 aliphatic rings. The Kier molecular flexibility index (Phi) is 2.80. The first kappa shape index (κ1) is 11.8. The highest BCUT2D eigenvalue weighted by atomic mass is 16.6. The number of fused-ring (bicyclic) bond motifs is 1. The van der Waals surface area contributed by atoms with E-state index >= 15 is 0 Å². The summed E-state index contributed by atoms with van der Waals surface area (Å²) < 4.78 is 1.28. The maximum Gasteiger partial charge on any atom is 0.323 e. The summed E-state index contributed by atoms with van der Waals surface area (Å²) in [5, 5.41) is 19.5. The third-order valence-electron chi connectivity index (χ3n) is 2.48. The second-order valence-corrected chi connectivity index (χ2v) is 3.63. The molecule has 0 fully saturated rings. The fourth-order valence-electron chi connectivity index (χ4n) is 1.78. The summed E-state index contributed by atoms with van der Waals surface area (Å²) >= 11 is 0. The van der Waals surface area contributed by atoms with Crippen LogP contribution in [0, 0.1) is 10.1 Å². The Balaban J connectivity index is 2.83. The number of carboxylic acid groups (broad SMARTS) is 1. The van der Waals surface area contributed by atoms with Crippen LogP contribution in [-0.4, -0.2) is 20.6 Å². The number of nitrogens with zero attached hydrogens (tertiary/aromatic N) is 2. The zero-order valence-corrected chi connectivity index (χ0v) is 9.07. The molecule has 1 aromatic carbocycles. The van der Waals surface area contributed by atoms with Crippen LogP contribution < -0.4 is 5.43 Å². The normalized spacial score (nSPS) is 10.4. The van der Waals surface area contributed by atoms with Crippen LogP contribution in [0.3, 0.4) is 0 Å². The van der Waals surface area contributed by atoms with Crippen molar-refractivity contribution in [2.24, 2.45) is 0 Å². The number of nitro groups is 1. The molecule has 92 valence electrons. The van der Waals surface area contributed by atoms with Gasteiger partial charge in [0.15, 0.2) is 5.43 Å². The number of rotatable bonds is 3. The van der Waals surface area contributed by atoms with E-state index in [2.05, 4.69) is 0 Å². The molecule has 7 heteroatoms. The quantitative estimate of drug-likeness (QED) is 0.644. The summed E-state index contributed by atoms with van der Waals surface area (Å²) in [5.41, 5.74) is -0.588. The lowest BCUT2D eigenvalue weighted by Gasteiger charge is -2.07. The van der Waals surface area contributed by atoms with Gasteiger partial charge in [0.2, 0.25) is 0 Å². The summed E-state index contributed by atoms with van der Waals surface area (Å²) in [4.78, 5) is 32.5. The molecular weight excluding hydrogens is 240 g/mol. The zero-order chi connectivity index (χ0) is 13.3. The fourth-order valence-corrected chi connectivity index (χ4v) is 1.78. The van der Waals surface area contributed by atoms with E-state index in [4.69, 9.17) is 5.11 Å². The first-order valence-corrected chi connectivity index (χ1v) is 4.99. The summed E-state index contributed by atoms with van der Waals surface area (Å²) in [6.07, 6.45) is 1.31. The van der Waals surface area contributed by atoms with Gasteiger partial charge in [-0.3, -0.25) is 19.7 Å². The minimum absolute atomic E-state index is 0.0775. The number of benzene rings is 1. The van der Waals surface area contributed by atoms with Crippen LogP contribution in [0.25, 0.3) is 10.9 Å². The monoisotopic (exact) mass is 248 g/mol. The van der Waals surface area contributed by atoms with Crippen molar-refractivity contribution in [3.63, 3.8) is 0 Å². The molecule has 0 saturated carbocycles. The molecule has 7 nitrogen and oxygen atoms in total. The van der Waals surface area contributed by atoms with Crippen LogP contribution in [0.15, 0.2) is 35.3 Å². The van der Waals surface area contributed by atoms with E-state index in [0.717, 1.165) is 6.07 Å². The van der Waals surface area contributed by atoms with Crippen LogP contribution in [0.5, 0.6) is 0 Å². The van der Waals surface area contributed by atoms with Gasteiger partial charge in [-0.2, -0.15) is 0 Å². The van der Waals surface area contributed by atoms with Crippen molar-refractivity contribution in [3.8, 4) is 0 Å². The van der Waals surface area contributed by atoms with Crippen LogP contribution >= 0.6 is 0 Å². The van der Waals surface area contributed by atoms with Gasteiger partial charge in [-0.05, 0) is 6.07 Å². The molecule has 1 aromatic heterocycles. The molecule has 18 heavy (non-hydrogen) atoms. The number of pyridine rings is 1. The van der Waals surface area contributed by atoms with Gasteiger partial charge in [-0.25, -0.2) is 0 Å². The molecule has 1 N–H and O–H groups in total. The Labute approximate surface area is 100 Å². The average Bonchev–Trinajstić information content (AvgIpc) is 2.31.